The Balaban J connectivity index is 1.82. The molecule has 2 N–H and O–H groups in total. The smallest absolute Gasteiger partial charge is 0.457 e. The zero-order chi connectivity index (χ0) is 21.7. The number of halogens is 6. The van der Waals surface area contributed by atoms with Gasteiger partial charge in [-0.15, -0.1) is 0 Å². The molecule has 0 bridgehead atoms. The molecule has 1 aliphatic heterocycles. The summed E-state index contributed by atoms with van der Waals surface area (Å²) in [5.41, 5.74) is -1.12. The van der Waals surface area contributed by atoms with Crippen LogP contribution in [0.1, 0.15) is 28.8 Å². The lowest BCUT2D eigenvalue weighted by atomic mass is 9.96. The van der Waals surface area contributed by atoms with Crippen molar-refractivity contribution in [2.45, 2.75) is 25.3 Å². The minimum absolute atomic E-state index is 0.0641. The highest BCUT2D eigenvalue weighted by Gasteiger charge is 2.32. The minimum atomic E-state index is -4.60. The van der Waals surface area contributed by atoms with E-state index in [1.165, 1.54) is 18.5 Å². The molecule has 1 fully saturated rings. The SMILES string of the molecule is COc1cc(C(=O)NCC2CCN(CCNC(F)(F)F)CC2)cc(C(F)(F)F)c1. The number of nitrogens with zero attached hydrogens (tertiary/aromatic N) is 1. The van der Waals surface area contributed by atoms with Crippen LogP contribution in [0.15, 0.2) is 18.2 Å². The van der Waals surface area contributed by atoms with E-state index in [0.29, 0.717) is 25.9 Å². The molecule has 0 radical (unpaired) electrons. The molecule has 1 heterocycles. The van der Waals surface area contributed by atoms with E-state index in [2.05, 4.69) is 5.32 Å². The van der Waals surface area contributed by atoms with Crippen molar-refractivity contribution < 1.29 is 35.9 Å². The summed E-state index contributed by atoms with van der Waals surface area (Å²) in [7, 11) is 1.22. The zero-order valence-corrected chi connectivity index (χ0v) is 15.8. The van der Waals surface area contributed by atoms with Crippen molar-refractivity contribution in [2.24, 2.45) is 5.92 Å². The second-order valence-electron chi connectivity index (χ2n) is 6.87. The molecule has 0 unspecified atom stereocenters. The lowest BCUT2D eigenvalue weighted by molar-refractivity contribution is -0.157. The number of likely N-dealkylation sites (tertiary alicyclic amines) is 1. The number of benzene rings is 1. The molecular formula is C18H23F6N3O2. The van der Waals surface area contributed by atoms with E-state index in [1.54, 1.807) is 0 Å². The third kappa shape index (κ3) is 7.73. The van der Waals surface area contributed by atoms with Gasteiger partial charge in [0.1, 0.15) is 5.75 Å². The number of hydrogen-bond donors (Lipinski definition) is 2. The Bertz CT molecular complexity index is 685. The number of alkyl halides is 6. The monoisotopic (exact) mass is 427 g/mol. The quantitative estimate of drug-likeness (QED) is 0.518. The molecule has 2 rings (SSSR count). The molecule has 1 saturated heterocycles. The van der Waals surface area contributed by atoms with Gasteiger partial charge in [0.2, 0.25) is 0 Å². The van der Waals surface area contributed by atoms with E-state index in [0.717, 1.165) is 12.1 Å². The van der Waals surface area contributed by atoms with Crippen LogP contribution >= 0.6 is 0 Å². The summed E-state index contributed by atoms with van der Waals surface area (Å²) in [5, 5.41) is 4.11. The van der Waals surface area contributed by atoms with Crippen LogP contribution in [-0.4, -0.2) is 56.9 Å². The van der Waals surface area contributed by atoms with Crippen LogP contribution in [-0.2, 0) is 6.18 Å². The molecular weight excluding hydrogens is 404 g/mol. The fourth-order valence-corrected chi connectivity index (χ4v) is 3.12. The van der Waals surface area contributed by atoms with Gasteiger partial charge in [-0.05, 0) is 50.0 Å². The lowest BCUT2D eigenvalue weighted by Crippen LogP contribution is -2.43. The average Bonchev–Trinajstić information content (AvgIpc) is 2.65. The number of hydrogen-bond acceptors (Lipinski definition) is 4. The molecule has 0 spiro atoms. The Kier molecular flexibility index (Phi) is 7.75. The van der Waals surface area contributed by atoms with Crippen LogP contribution < -0.4 is 15.4 Å². The molecule has 1 amide bonds. The van der Waals surface area contributed by atoms with Gasteiger partial charge in [0.25, 0.3) is 5.91 Å². The molecule has 1 aliphatic rings. The number of carbonyl (C=O) groups is 1. The second-order valence-corrected chi connectivity index (χ2v) is 6.87. The summed E-state index contributed by atoms with van der Waals surface area (Å²) in [6.07, 6.45) is -7.64. The Hall–Kier alpha value is -2.01. The Morgan fingerprint density at radius 1 is 1.14 bits per heavy atom. The number of ether oxygens (including phenoxy) is 1. The second kappa shape index (κ2) is 9.66. The number of piperidine rings is 1. The van der Waals surface area contributed by atoms with Crippen molar-refractivity contribution >= 4 is 5.91 Å². The standard InChI is InChI=1S/C18H23F6N3O2/c1-29-15-9-13(8-14(10-15)17(19,20)21)16(28)25-11-12-2-5-27(6-3-12)7-4-26-18(22,23)24/h8-10,12,26H,2-7,11H2,1H3,(H,25,28). The zero-order valence-electron chi connectivity index (χ0n) is 15.8. The number of amides is 1. The van der Waals surface area contributed by atoms with E-state index in [9.17, 15) is 31.1 Å². The van der Waals surface area contributed by atoms with E-state index < -0.39 is 23.9 Å². The van der Waals surface area contributed by atoms with Crippen LogP contribution in [0.3, 0.4) is 0 Å². The van der Waals surface area contributed by atoms with E-state index in [1.807, 2.05) is 4.90 Å². The average molecular weight is 427 g/mol. The van der Waals surface area contributed by atoms with Gasteiger partial charge in [-0.1, -0.05) is 0 Å². The van der Waals surface area contributed by atoms with Crippen LogP contribution in [0.4, 0.5) is 26.3 Å². The third-order valence-electron chi connectivity index (χ3n) is 4.74. The number of rotatable bonds is 7. The first-order valence-corrected chi connectivity index (χ1v) is 9.06. The molecule has 0 saturated carbocycles. The van der Waals surface area contributed by atoms with Crippen molar-refractivity contribution in [2.75, 3.05) is 39.8 Å². The molecule has 29 heavy (non-hydrogen) atoms. The summed E-state index contributed by atoms with van der Waals surface area (Å²) in [5.74, 6) is -0.588. The molecule has 5 nitrogen and oxygen atoms in total. The maximum absolute atomic E-state index is 13.0. The number of methoxy groups -OCH3 is 1. The molecule has 0 atom stereocenters. The summed E-state index contributed by atoms with van der Waals surface area (Å²) in [6.45, 7) is 1.55. The van der Waals surface area contributed by atoms with Crippen LogP contribution in [0.5, 0.6) is 5.75 Å². The van der Waals surface area contributed by atoms with Crippen LogP contribution in [0.2, 0.25) is 0 Å². The molecule has 164 valence electrons. The summed E-state index contributed by atoms with van der Waals surface area (Å²) in [6, 6.07) is 2.83. The Morgan fingerprint density at radius 3 is 2.34 bits per heavy atom. The van der Waals surface area contributed by atoms with Crippen LogP contribution in [0.25, 0.3) is 0 Å². The predicted molar refractivity (Wildman–Crippen MR) is 93.6 cm³/mol. The molecule has 0 aliphatic carbocycles. The van der Waals surface area contributed by atoms with Crippen molar-refractivity contribution in [1.29, 1.82) is 0 Å². The summed E-state index contributed by atoms with van der Waals surface area (Å²) < 4.78 is 80.0. The Labute approximate surface area is 164 Å². The third-order valence-corrected chi connectivity index (χ3v) is 4.74. The predicted octanol–water partition coefficient (Wildman–Crippen LogP) is 3.27. The maximum Gasteiger partial charge on any atom is 0.457 e. The first-order valence-electron chi connectivity index (χ1n) is 9.06. The summed E-state index contributed by atoms with van der Waals surface area (Å²) in [4.78, 5) is 14.2. The van der Waals surface area contributed by atoms with Crippen molar-refractivity contribution in [1.82, 2.24) is 15.5 Å². The van der Waals surface area contributed by atoms with Gasteiger partial charge in [0, 0.05) is 25.2 Å². The number of nitrogens with one attached hydrogen (secondary N) is 2. The fourth-order valence-electron chi connectivity index (χ4n) is 3.12. The largest absolute Gasteiger partial charge is 0.497 e. The fraction of sp³-hybridized carbons (Fsp3) is 0.611. The first-order chi connectivity index (χ1) is 13.5. The molecule has 11 heteroatoms. The van der Waals surface area contributed by atoms with Crippen LogP contribution in [0, 0.1) is 5.92 Å². The maximum atomic E-state index is 13.0. The highest BCUT2D eigenvalue weighted by atomic mass is 19.4. The molecule has 0 aromatic heterocycles. The molecule has 1 aromatic carbocycles. The highest BCUT2D eigenvalue weighted by Crippen LogP contribution is 2.32. The van der Waals surface area contributed by atoms with E-state index >= 15 is 0 Å². The lowest BCUT2D eigenvalue weighted by Gasteiger charge is -2.32. The topological polar surface area (TPSA) is 53.6 Å². The normalized spacial score (nSPS) is 16.7. The van der Waals surface area contributed by atoms with Gasteiger partial charge in [0.15, 0.2) is 0 Å². The minimum Gasteiger partial charge on any atom is -0.497 e. The summed E-state index contributed by atoms with van der Waals surface area (Å²) >= 11 is 0. The van der Waals surface area contributed by atoms with Crippen molar-refractivity contribution in [3.05, 3.63) is 29.3 Å². The Morgan fingerprint density at radius 2 is 1.79 bits per heavy atom. The van der Waals surface area contributed by atoms with Gasteiger partial charge in [-0.2, -0.15) is 26.3 Å². The van der Waals surface area contributed by atoms with Gasteiger partial charge in [-0.3, -0.25) is 4.79 Å². The van der Waals surface area contributed by atoms with Gasteiger partial charge < -0.3 is 15.0 Å². The van der Waals surface area contributed by atoms with Gasteiger partial charge in [0.05, 0.1) is 12.7 Å². The number of carbonyl (C=O) groups excluding carboxylic acids is 1. The van der Waals surface area contributed by atoms with Gasteiger partial charge >= 0.3 is 12.5 Å². The highest BCUT2D eigenvalue weighted by molar-refractivity contribution is 5.94. The first kappa shape index (κ1) is 23.3. The van der Waals surface area contributed by atoms with Gasteiger partial charge in [-0.25, -0.2) is 5.32 Å². The van der Waals surface area contributed by atoms with E-state index in [4.69, 9.17) is 4.74 Å². The van der Waals surface area contributed by atoms with Crippen molar-refractivity contribution in [3.8, 4) is 5.75 Å². The van der Waals surface area contributed by atoms with E-state index in [-0.39, 0.29) is 36.9 Å². The van der Waals surface area contributed by atoms with Crippen molar-refractivity contribution in [3.63, 3.8) is 0 Å². The molecule has 1 aromatic rings.